The second kappa shape index (κ2) is 6.08. The van der Waals surface area contributed by atoms with E-state index < -0.39 is 0 Å². The van der Waals surface area contributed by atoms with Crippen LogP contribution in [0.15, 0.2) is 24.3 Å². The first-order valence-corrected chi connectivity index (χ1v) is 8.23. The molecule has 0 bridgehead atoms. The topological polar surface area (TPSA) is 40.5 Å². The summed E-state index contributed by atoms with van der Waals surface area (Å²) in [6.07, 6.45) is 6.81. The third-order valence-corrected chi connectivity index (χ3v) is 5.04. The van der Waals surface area contributed by atoms with E-state index in [0.717, 1.165) is 25.8 Å². The number of hydrogen-bond acceptors (Lipinski definition) is 2. The lowest BCUT2D eigenvalue weighted by Crippen LogP contribution is -2.47. The Morgan fingerprint density at radius 3 is 2.62 bits per heavy atom. The second-order valence-electron chi connectivity index (χ2n) is 6.68. The average Bonchev–Trinajstić information content (AvgIpc) is 3.33. The average molecular weight is 287 g/mol. The van der Waals surface area contributed by atoms with Crippen molar-refractivity contribution >= 4 is 5.91 Å². The minimum Gasteiger partial charge on any atom is -0.508 e. The summed E-state index contributed by atoms with van der Waals surface area (Å²) in [7, 11) is 0. The zero-order valence-electron chi connectivity index (χ0n) is 12.8. The van der Waals surface area contributed by atoms with Gasteiger partial charge in [0.25, 0.3) is 0 Å². The van der Waals surface area contributed by atoms with Crippen LogP contribution in [0, 0.1) is 11.8 Å². The van der Waals surface area contributed by atoms with Crippen LogP contribution in [0.1, 0.15) is 44.6 Å². The van der Waals surface area contributed by atoms with Crippen LogP contribution in [0.25, 0.3) is 0 Å². The van der Waals surface area contributed by atoms with E-state index in [1.54, 1.807) is 12.1 Å². The lowest BCUT2D eigenvalue weighted by Gasteiger charge is -2.37. The fraction of sp³-hybridized carbons (Fsp3) is 0.611. The van der Waals surface area contributed by atoms with Crippen molar-refractivity contribution < 1.29 is 9.90 Å². The van der Waals surface area contributed by atoms with E-state index in [-0.39, 0.29) is 5.92 Å². The van der Waals surface area contributed by atoms with Crippen molar-refractivity contribution in [2.75, 3.05) is 6.54 Å². The Hall–Kier alpha value is -1.51. The standard InChI is InChI=1S/C18H25NO2/c1-13(15-7-8-15)18(21)19-11-3-2-4-16(19)12-14-5-9-17(20)10-6-14/h5-6,9-10,13,15-16,20H,2-4,7-8,11-12H2,1H3. The number of aromatic hydroxyl groups is 1. The number of amides is 1. The van der Waals surface area contributed by atoms with Gasteiger partial charge < -0.3 is 10.0 Å². The number of nitrogens with zero attached hydrogens (tertiary/aromatic N) is 1. The molecule has 1 aromatic rings. The van der Waals surface area contributed by atoms with Crippen LogP contribution in [0.4, 0.5) is 0 Å². The summed E-state index contributed by atoms with van der Waals surface area (Å²) in [6, 6.07) is 7.74. The van der Waals surface area contributed by atoms with Crippen molar-refractivity contribution in [2.24, 2.45) is 11.8 Å². The van der Waals surface area contributed by atoms with Crippen LogP contribution < -0.4 is 0 Å². The highest BCUT2D eigenvalue weighted by atomic mass is 16.3. The van der Waals surface area contributed by atoms with Gasteiger partial charge in [-0.1, -0.05) is 19.1 Å². The van der Waals surface area contributed by atoms with E-state index in [1.807, 2.05) is 12.1 Å². The van der Waals surface area contributed by atoms with Crippen LogP contribution >= 0.6 is 0 Å². The monoisotopic (exact) mass is 287 g/mol. The van der Waals surface area contributed by atoms with Crippen molar-refractivity contribution in [2.45, 2.75) is 51.5 Å². The Balaban J connectivity index is 1.68. The van der Waals surface area contributed by atoms with E-state index in [4.69, 9.17) is 0 Å². The van der Waals surface area contributed by atoms with Gasteiger partial charge >= 0.3 is 0 Å². The Labute approximate surface area is 127 Å². The summed E-state index contributed by atoms with van der Waals surface area (Å²) in [4.78, 5) is 14.9. The first-order valence-electron chi connectivity index (χ1n) is 8.23. The Morgan fingerprint density at radius 2 is 1.95 bits per heavy atom. The molecule has 1 saturated heterocycles. The number of piperidine rings is 1. The van der Waals surface area contributed by atoms with Gasteiger partial charge in [0.1, 0.15) is 5.75 Å². The van der Waals surface area contributed by atoms with Crippen LogP contribution in [0.5, 0.6) is 5.75 Å². The Bertz CT molecular complexity index is 492. The zero-order valence-corrected chi connectivity index (χ0v) is 12.8. The van der Waals surface area contributed by atoms with Crippen molar-refractivity contribution in [1.82, 2.24) is 4.90 Å². The van der Waals surface area contributed by atoms with Gasteiger partial charge in [-0.05, 0) is 62.1 Å². The number of carbonyl (C=O) groups is 1. The molecule has 2 aliphatic rings. The molecule has 3 heteroatoms. The SMILES string of the molecule is CC(C(=O)N1CCCCC1Cc1ccc(O)cc1)C1CC1. The number of carbonyl (C=O) groups excluding carboxylic acids is 1. The maximum atomic E-state index is 12.7. The molecule has 1 amide bonds. The van der Waals surface area contributed by atoms with Crippen LogP contribution in [0.3, 0.4) is 0 Å². The zero-order chi connectivity index (χ0) is 14.8. The number of phenolic OH excluding ortho intramolecular Hbond substituents is 1. The van der Waals surface area contributed by atoms with E-state index in [2.05, 4.69) is 11.8 Å². The summed E-state index contributed by atoms with van der Waals surface area (Å²) in [5, 5.41) is 9.38. The molecule has 3 nitrogen and oxygen atoms in total. The molecule has 2 unspecified atom stereocenters. The van der Waals surface area contributed by atoms with Crippen LogP contribution in [-0.4, -0.2) is 28.5 Å². The molecule has 1 aliphatic heterocycles. The van der Waals surface area contributed by atoms with Gasteiger partial charge in [0, 0.05) is 18.5 Å². The second-order valence-corrected chi connectivity index (χ2v) is 6.68. The first-order chi connectivity index (χ1) is 10.1. The van der Waals surface area contributed by atoms with E-state index in [9.17, 15) is 9.90 Å². The number of hydrogen-bond donors (Lipinski definition) is 1. The van der Waals surface area contributed by atoms with Crippen LogP contribution in [0.2, 0.25) is 0 Å². The fourth-order valence-electron chi connectivity index (χ4n) is 3.47. The minimum absolute atomic E-state index is 0.199. The number of phenols is 1. The van der Waals surface area contributed by atoms with E-state index >= 15 is 0 Å². The maximum Gasteiger partial charge on any atom is 0.225 e. The lowest BCUT2D eigenvalue weighted by molar-refractivity contribution is -0.139. The maximum absolute atomic E-state index is 12.7. The largest absolute Gasteiger partial charge is 0.508 e. The number of rotatable bonds is 4. The molecule has 21 heavy (non-hydrogen) atoms. The third kappa shape index (κ3) is 3.39. The highest BCUT2D eigenvalue weighted by Crippen LogP contribution is 2.38. The molecular weight excluding hydrogens is 262 g/mol. The predicted molar refractivity (Wildman–Crippen MR) is 83.1 cm³/mol. The summed E-state index contributed by atoms with van der Waals surface area (Å²) >= 11 is 0. The molecule has 0 spiro atoms. The summed E-state index contributed by atoms with van der Waals surface area (Å²) < 4.78 is 0. The van der Waals surface area contributed by atoms with Crippen molar-refractivity contribution in [1.29, 1.82) is 0 Å². The van der Waals surface area contributed by atoms with Crippen molar-refractivity contribution in [3.05, 3.63) is 29.8 Å². The van der Waals surface area contributed by atoms with Crippen molar-refractivity contribution in [3.8, 4) is 5.75 Å². The summed E-state index contributed by atoms with van der Waals surface area (Å²) in [5.74, 6) is 1.50. The van der Waals surface area contributed by atoms with Gasteiger partial charge in [0.2, 0.25) is 5.91 Å². The van der Waals surface area contributed by atoms with E-state index in [0.29, 0.717) is 23.6 Å². The number of likely N-dealkylation sites (tertiary alicyclic amines) is 1. The molecule has 1 heterocycles. The summed E-state index contributed by atoms with van der Waals surface area (Å²) in [6.45, 7) is 3.02. The fourth-order valence-corrected chi connectivity index (χ4v) is 3.47. The third-order valence-electron chi connectivity index (χ3n) is 5.04. The first kappa shape index (κ1) is 14.4. The minimum atomic E-state index is 0.199. The molecule has 1 aromatic carbocycles. The van der Waals surface area contributed by atoms with Gasteiger partial charge in [0.15, 0.2) is 0 Å². The molecular formula is C18H25NO2. The molecule has 2 fully saturated rings. The molecule has 1 N–H and O–H groups in total. The van der Waals surface area contributed by atoms with Gasteiger partial charge in [-0.3, -0.25) is 4.79 Å². The van der Waals surface area contributed by atoms with Gasteiger partial charge in [-0.15, -0.1) is 0 Å². The predicted octanol–water partition coefficient (Wildman–Crippen LogP) is 3.36. The normalized spacial score (nSPS) is 23.9. The van der Waals surface area contributed by atoms with Crippen LogP contribution in [-0.2, 0) is 11.2 Å². The van der Waals surface area contributed by atoms with Gasteiger partial charge in [0.05, 0.1) is 0 Å². The van der Waals surface area contributed by atoms with Crippen molar-refractivity contribution in [3.63, 3.8) is 0 Å². The molecule has 0 radical (unpaired) electrons. The highest BCUT2D eigenvalue weighted by molar-refractivity contribution is 5.79. The Kier molecular flexibility index (Phi) is 4.18. The summed E-state index contributed by atoms with van der Waals surface area (Å²) in [5.41, 5.74) is 1.21. The molecule has 0 aromatic heterocycles. The van der Waals surface area contributed by atoms with E-state index in [1.165, 1.54) is 24.8 Å². The molecule has 2 atom stereocenters. The number of benzene rings is 1. The quantitative estimate of drug-likeness (QED) is 0.922. The Morgan fingerprint density at radius 1 is 1.24 bits per heavy atom. The van der Waals surface area contributed by atoms with Gasteiger partial charge in [-0.25, -0.2) is 0 Å². The lowest BCUT2D eigenvalue weighted by atomic mass is 9.93. The molecule has 1 saturated carbocycles. The smallest absolute Gasteiger partial charge is 0.225 e. The molecule has 114 valence electrons. The molecule has 1 aliphatic carbocycles. The highest BCUT2D eigenvalue weighted by Gasteiger charge is 2.37. The molecule has 3 rings (SSSR count). The van der Waals surface area contributed by atoms with Gasteiger partial charge in [-0.2, -0.15) is 0 Å².